The van der Waals surface area contributed by atoms with Gasteiger partial charge < -0.3 is 10.6 Å². The second-order valence-corrected chi connectivity index (χ2v) is 5.34. The Morgan fingerprint density at radius 1 is 1.09 bits per heavy atom. The zero-order chi connectivity index (χ0) is 16.4. The van der Waals surface area contributed by atoms with Crippen molar-refractivity contribution in [3.05, 3.63) is 54.1 Å². The van der Waals surface area contributed by atoms with Crippen molar-refractivity contribution in [2.24, 2.45) is 0 Å². The summed E-state index contributed by atoms with van der Waals surface area (Å²) >= 11 is 0. The standard InChI is InChI=1S/C17H14F2N2O2/c18-11-3-1-10(2-4-11)13-9-12(19)5-6-14(13)21-17(23)15-7-8-16(22)20-15/h1-6,9,15H,7-8H2,(H,20,22)(H,21,23). The Morgan fingerprint density at radius 3 is 2.43 bits per heavy atom. The molecule has 1 fully saturated rings. The molecule has 1 aliphatic rings. The van der Waals surface area contributed by atoms with Gasteiger partial charge in [-0.2, -0.15) is 0 Å². The molecule has 0 spiro atoms. The number of carbonyl (C=O) groups is 2. The van der Waals surface area contributed by atoms with Crippen molar-refractivity contribution in [1.29, 1.82) is 0 Å². The van der Waals surface area contributed by atoms with Crippen LogP contribution in [0.1, 0.15) is 12.8 Å². The van der Waals surface area contributed by atoms with Crippen molar-refractivity contribution in [2.45, 2.75) is 18.9 Å². The van der Waals surface area contributed by atoms with Crippen LogP contribution >= 0.6 is 0 Å². The molecule has 2 aromatic carbocycles. The number of halogens is 2. The summed E-state index contributed by atoms with van der Waals surface area (Å²) in [6, 6.07) is 8.92. The molecule has 6 heteroatoms. The first-order chi connectivity index (χ1) is 11.0. The summed E-state index contributed by atoms with van der Waals surface area (Å²) in [7, 11) is 0. The average Bonchev–Trinajstić information content (AvgIpc) is 2.96. The molecular weight excluding hydrogens is 302 g/mol. The highest BCUT2D eigenvalue weighted by molar-refractivity contribution is 6.01. The van der Waals surface area contributed by atoms with E-state index in [1.54, 1.807) is 0 Å². The van der Waals surface area contributed by atoms with Crippen LogP contribution in [0.4, 0.5) is 14.5 Å². The maximum Gasteiger partial charge on any atom is 0.246 e. The minimum atomic E-state index is -0.589. The fourth-order valence-corrected chi connectivity index (χ4v) is 2.52. The summed E-state index contributed by atoms with van der Waals surface area (Å²) in [5.41, 5.74) is 1.43. The lowest BCUT2D eigenvalue weighted by Crippen LogP contribution is -2.37. The number of hydrogen-bond donors (Lipinski definition) is 2. The molecular formula is C17H14F2N2O2. The van der Waals surface area contributed by atoms with Gasteiger partial charge in [0.1, 0.15) is 17.7 Å². The molecule has 1 atom stereocenters. The van der Waals surface area contributed by atoms with Gasteiger partial charge in [-0.05, 0) is 42.3 Å². The van der Waals surface area contributed by atoms with Gasteiger partial charge in [-0.15, -0.1) is 0 Å². The van der Waals surface area contributed by atoms with Crippen LogP contribution in [0.3, 0.4) is 0 Å². The summed E-state index contributed by atoms with van der Waals surface area (Å²) in [6.07, 6.45) is 0.740. The van der Waals surface area contributed by atoms with Gasteiger partial charge in [0.15, 0.2) is 0 Å². The Morgan fingerprint density at radius 2 is 1.78 bits per heavy atom. The molecule has 23 heavy (non-hydrogen) atoms. The molecule has 3 rings (SSSR count). The minimum Gasteiger partial charge on any atom is -0.344 e. The molecule has 0 saturated carbocycles. The van der Waals surface area contributed by atoms with Crippen LogP contribution in [-0.2, 0) is 9.59 Å². The van der Waals surface area contributed by atoms with Crippen molar-refractivity contribution in [2.75, 3.05) is 5.32 Å². The van der Waals surface area contributed by atoms with E-state index in [1.165, 1.54) is 42.5 Å². The van der Waals surface area contributed by atoms with Gasteiger partial charge in [-0.25, -0.2) is 8.78 Å². The maximum absolute atomic E-state index is 13.6. The van der Waals surface area contributed by atoms with Crippen LogP contribution in [0.25, 0.3) is 11.1 Å². The fraction of sp³-hybridized carbons (Fsp3) is 0.176. The van der Waals surface area contributed by atoms with Gasteiger partial charge >= 0.3 is 0 Å². The van der Waals surface area contributed by atoms with Gasteiger partial charge in [0.2, 0.25) is 11.8 Å². The third-order valence-corrected chi connectivity index (χ3v) is 3.71. The molecule has 0 bridgehead atoms. The van der Waals surface area contributed by atoms with E-state index in [0.717, 1.165) is 0 Å². The summed E-state index contributed by atoms with van der Waals surface area (Å²) in [5, 5.41) is 5.28. The predicted octanol–water partition coefficient (Wildman–Crippen LogP) is 2.85. The molecule has 0 aliphatic carbocycles. The van der Waals surface area contributed by atoms with Gasteiger partial charge in [-0.3, -0.25) is 9.59 Å². The quantitative estimate of drug-likeness (QED) is 0.915. The number of rotatable bonds is 3. The van der Waals surface area contributed by atoms with Crippen molar-refractivity contribution in [1.82, 2.24) is 5.32 Å². The molecule has 1 heterocycles. The third kappa shape index (κ3) is 3.36. The normalized spacial score (nSPS) is 17.0. The van der Waals surface area contributed by atoms with Crippen molar-refractivity contribution < 1.29 is 18.4 Å². The van der Waals surface area contributed by atoms with Crippen molar-refractivity contribution >= 4 is 17.5 Å². The Balaban J connectivity index is 1.88. The zero-order valence-electron chi connectivity index (χ0n) is 12.1. The lowest BCUT2D eigenvalue weighted by Gasteiger charge is -2.14. The highest BCUT2D eigenvalue weighted by Crippen LogP contribution is 2.29. The molecule has 2 aromatic rings. The van der Waals surface area contributed by atoms with Crippen LogP contribution in [-0.4, -0.2) is 17.9 Å². The monoisotopic (exact) mass is 316 g/mol. The zero-order valence-corrected chi connectivity index (χ0v) is 12.1. The lowest BCUT2D eigenvalue weighted by molar-refractivity contribution is -0.122. The molecule has 2 amide bonds. The maximum atomic E-state index is 13.6. The Hall–Kier alpha value is -2.76. The molecule has 1 unspecified atom stereocenters. The summed E-state index contributed by atoms with van der Waals surface area (Å²) in [5.74, 6) is -1.38. The van der Waals surface area contributed by atoms with Crippen LogP contribution in [0.5, 0.6) is 0 Å². The first-order valence-electron chi connectivity index (χ1n) is 7.18. The molecule has 0 aromatic heterocycles. The fourth-order valence-electron chi connectivity index (χ4n) is 2.52. The molecule has 118 valence electrons. The predicted molar refractivity (Wildman–Crippen MR) is 81.6 cm³/mol. The van der Waals surface area contributed by atoms with E-state index in [0.29, 0.717) is 29.7 Å². The van der Waals surface area contributed by atoms with Gasteiger partial charge in [0.05, 0.1) is 0 Å². The highest BCUT2D eigenvalue weighted by Gasteiger charge is 2.27. The Bertz CT molecular complexity index is 760. The first kappa shape index (κ1) is 15.1. The van der Waals surface area contributed by atoms with Crippen LogP contribution in [0, 0.1) is 11.6 Å². The first-order valence-corrected chi connectivity index (χ1v) is 7.18. The number of amides is 2. The van der Waals surface area contributed by atoms with Crippen LogP contribution in [0.2, 0.25) is 0 Å². The van der Waals surface area contributed by atoms with Gasteiger partial charge in [0.25, 0.3) is 0 Å². The molecule has 4 nitrogen and oxygen atoms in total. The molecule has 1 saturated heterocycles. The summed E-state index contributed by atoms with van der Waals surface area (Å²) in [6.45, 7) is 0. The Labute approximate surface area is 131 Å². The van der Waals surface area contributed by atoms with Gasteiger partial charge in [0, 0.05) is 17.7 Å². The van der Waals surface area contributed by atoms with E-state index in [1.807, 2.05) is 0 Å². The number of carbonyl (C=O) groups excluding carboxylic acids is 2. The number of anilines is 1. The van der Waals surface area contributed by atoms with Crippen LogP contribution < -0.4 is 10.6 Å². The van der Waals surface area contributed by atoms with E-state index >= 15 is 0 Å². The number of benzene rings is 2. The minimum absolute atomic E-state index is 0.164. The molecule has 0 radical (unpaired) electrons. The van der Waals surface area contributed by atoms with E-state index in [4.69, 9.17) is 0 Å². The molecule has 1 aliphatic heterocycles. The van der Waals surface area contributed by atoms with E-state index in [9.17, 15) is 18.4 Å². The van der Waals surface area contributed by atoms with E-state index in [-0.39, 0.29) is 11.8 Å². The van der Waals surface area contributed by atoms with Gasteiger partial charge in [-0.1, -0.05) is 12.1 Å². The van der Waals surface area contributed by atoms with E-state index < -0.39 is 17.7 Å². The average molecular weight is 316 g/mol. The number of nitrogens with one attached hydrogen (secondary N) is 2. The summed E-state index contributed by atoms with van der Waals surface area (Å²) < 4.78 is 26.6. The largest absolute Gasteiger partial charge is 0.344 e. The topological polar surface area (TPSA) is 58.2 Å². The smallest absolute Gasteiger partial charge is 0.246 e. The Kier molecular flexibility index (Phi) is 4.06. The number of hydrogen-bond acceptors (Lipinski definition) is 2. The highest BCUT2D eigenvalue weighted by atomic mass is 19.1. The second-order valence-electron chi connectivity index (χ2n) is 5.34. The lowest BCUT2D eigenvalue weighted by atomic mass is 10.0. The second kappa shape index (κ2) is 6.16. The third-order valence-electron chi connectivity index (χ3n) is 3.71. The van der Waals surface area contributed by atoms with Crippen molar-refractivity contribution in [3.63, 3.8) is 0 Å². The van der Waals surface area contributed by atoms with Crippen molar-refractivity contribution in [3.8, 4) is 11.1 Å². The van der Waals surface area contributed by atoms with E-state index in [2.05, 4.69) is 10.6 Å². The van der Waals surface area contributed by atoms with Crippen LogP contribution in [0.15, 0.2) is 42.5 Å². The SMILES string of the molecule is O=C1CCC(C(=O)Nc2ccc(F)cc2-c2ccc(F)cc2)N1. The summed E-state index contributed by atoms with van der Waals surface area (Å²) in [4.78, 5) is 23.4. The molecule has 2 N–H and O–H groups in total.